The van der Waals surface area contributed by atoms with Crippen LogP contribution < -0.4 is 0 Å². The molecule has 0 spiro atoms. The van der Waals surface area contributed by atoms with E-state index < -0.39 is 0 Å². The molecule has 0 bridgehead atoms. The zero-order chi connectivity index (χ0) is 12.5. The van der Waals surface area contributed by atoms with Crippen molar-refractivity contribution in [1.29, 1.82) is 0 Å². The minimum absolute atomic E-state index is 0.494. The Morgan fingerprint density at radius 1 is 1.39 bits per heavy atom. The highest BCUT2D eigenvalue weighted by Crippen LogP contribution is 2.33. The van der Waals surface area contributed by atoms with Crippen molar-refractivity contribution >= 4 is 0 Å². The number of aryl methyl sites for hydroxylation is 1. The van der Waals surface area contributed by atoms with Crippen LogP contribution in [0.3, 0.4) is 0 Å². The van der Waals surface area contributed by atoms with Crippen molar-refractivity contribution in [2.24, 2.45) is 7.05 Å². The Balaban J connectivity index is 1.83. The SMILES string of the molecule is COC[C@@H]1CN(C2CCCC2)Cc2c1cnn2C. The van der Waals surface area contributed by atoms with E-state index in [-0.39, 0.29) is 0 Å². The van der Waals surface area contributed by atoms with Crippen LogP contribution in [0.4, 0.5) is 0 Å². The molecular weight excluding hydrogens is 226 g/mol. The minimum Gasteiger partial charge on any atom is -0.384 e. The molecule has 1 saturated carbocycles. The van der Waals surface area contributed by atoms with Gasteiger partial charge in [0.15, 0.2) is 0 Å². The summed E-state index contributed by atoms with van der Waals surface area (Å²) in [5, 5.41) is 4.43. The molecule has 18 heavy (non-hydrogen) atoms. The van der Waals surface area contributed by atoms with E-state index in [1.165, 1.54) is 36.9 Å². The number of methoxy groups -OCH3 is 1. The molecule has 1 fully saturated rings. The molecule has 0 aromatic carbocycles. The average molecular weight is 249 g/mol. The smallest absolute Gasteiger partial charge is 0.0557 e. The van der Waals surface area contributed by atoms with Crippen molar-refractivity contribution in [3.8, 4) is 0 Å². The van der Waals surface area contributed by atoms with Crippen LogP contribution in [-0.2, 0) is 18.3 Å². The summed E-state index contributed by atoms with van der Waals surface area (Å²) in [4.78, 5) is 2.65. The summed E-state index contributed by atoms with van der Waals surface area (Å²) < 4.78 is 7.44. The van der Waals surface area contributed by atoms with Crippen molar-refractivity contribution < 1.29 is 4.74 Å². The van der Waals surface area contributed by atoms with Gasteiger partial charge in [-0.1, -0.05) is 12.8 Å². The number of hydrogen-bond donors (Lipinski definition) is 0. The minimum atomic E-state index is 0.494. The molecule has 1 aliphatic heterocycles. The van der Waals surface area contributed by atoms with Crippen LogP contribution >= 0.6 is 0 Å². The van der Waals surface area contributed by atoms with E-state index in [0.29, 0.717) is 5.92 Å². The average Bonchev–Trinajstić information content (AvgIpc) is 3.00. The normalized spacial score (nSPS) is 25.6. The molecule has 1 aliphatic carbocycles. The molecule has 1 aromatic rings. The number of aromatic nitrogens is 2. The van der Waals surface area contributed by atoms with Gasteiger partial charge in [0, 0.05) is 44.8 Å². The van der Waals surface area contributed by atoms with Crippen LogP contribution in [0.2, 0.25) is 0 Å². The molecule has 0 unspecified atom stereocenters. The number of rotatable bonds is 3. The van der Waals surface area contributed by atoms with Crippen LogP contribution in [0.5, 0.6) is 0 Å². The van der Waals surface area contributed by atoms with Gasteiger partial charge in [0.05, 0.1) is 18.5 Å². The maximum Gasteiger partial charge on any atom is 0.0557 e. The summed E-state index contributed by atoms with van der Waals surface area (Å²) >= 11 is 0. The Labute approximate surface area is 109 Å². The summed E-state index contributed by atoms with van der Waals surface area (Å²) in [6.07, 6.45) is 7.56. The highest BCUT2D eigenvalue weighted by Gasteiger charge is 2.32. The quantitative estimate of drug-likeness (QED) is 0.819. The van der Waals surface area contributed by atoms with Gasteiger partial charge in [-0.15, -0.1) is 0 Å². The van der Waals surface area contributed by atoms with Gasteiger partial charge in [-0.25, -0.2) is 0 Å². The lowest BCUT2D eigenvalue weighted by Crippen LogP contribution is -2.41. The fourth-order valence-electron chi connectivity index (χ4n) is 3.54. The predicted octanol–water partition coefficient (Wildman–Crippen LogP) is 1.91. The lowest BCUT2D eigenvalue weighted by molar-refractivity contribution is 0.112. The molecule has 0 amide bonds. The van der Waals surface area contributed by atoms with E-state index in [2.05, 4.69) is 17.0 Å². The standard InChI is InChI=1S/C14H23N3O/c1-16-14-9-17(12-5-3-4-6-12)8-11(10-18-2)13(14)7-15-16/h7,11-12H,3-6,8-10H2,1-2H3/t11-/m0/s1. The van der Waals surface area contributed by atoms with E-state index in [1.54, 1.807) is 7.11 Å². The fourth-order valence-corrected chi connectivity index (χ4v) is 3.54. The van der Waals surface area contributed by atoms with Gasteiger partial charge in [0.25, 0.3) is 0 Å². The molecule has 0 radical (unpaired) electrons. The zero-order valence-electron chi connectivity index (χ0n) is 11.4. The highest BCUT2D eigenvalue weighted by atomic mass is 16.5. The van der Waals surface area contributed by atoms with Gasteiger partial charge in [-0.2, -0.15) is 5.10 Å². The summed E-state index contributed by atoms with van der Waals surface area (Å²) in [5.41, 5.74) is 2.78. The third-order valence-electron chi connectivity index (χ3n) is 4.55. The monoisotopic (exact) mass is 249 g/mol. The highest BCUT2D eigenvalue weighted by molar-refractivity contribution is 5.26. The largest absolute Gasteiger partial charge is 0.384 e. The molecule has 0 saturated heterocycles. The lowest BCUT2D eigenvalue weighted by atomic mass is 9.94. The lowest BCUT2D eigenvalue weighted by Gasteiger charge is -2.36. The first-order valence-electron chi connectivity index (χ1n) is 7.03. The topological polar surface area (TPSA) is 30.3 Å². The summed E-state index contributed by atoms with van der Waals surface area (Å²) in [6, 6.07) is 0.785. The van der Waals surface area contributed by atoms with Gasteiger partial charge in [0.2, 0.25) is 0 Å². The summed E-state index contributed by atoms with van der Waals surface area (Å²) in [6.45, 7) is 3.01. The van der Waals surface area contributed by atoms with Crippen LogP contribution in [0.25, 0.3) is 0 Å². The maximum atomic E-state index is 5.39. The van der Waals surface area contributed by atoms with E-state index in [0.717, 1.165) is 25.7 Å². The van der Waals surface area contributed by atoms with Gasteiger partial charge >= 0.3 is 0 Å². The van der Waals surface area contributed by atoms with Gasteiger partial charge in [-0.05, 0) is 12.8 Å². The van der Waals surface area contributed by atoms with Gasteiger partial charge in [-0.3, -0.25) is 9.58 Å². The maximum absolute atomic E-state index is 5.39. The van der Waals surface area contributed by atoms with Crippen molar-refractivity contribution in [3.63, 3.8) is 0 Å². The Morgan fingerprint density at radius 2 is 2.17 bits per heavy atom. The second kappa shape index (κ2) is 5.02. The zero-order valence-corrected chi connectivity index (χ0v) is 11.4. The third kappa shape index (κ3) is 2.08. The molecule has 4 heteroatoms. The van der Waals surface area contributed by atoms with E-state index in [1.807, 2.05) is 10.9 Å². The van der Waals surface area contributed by atoms with Gasteiger partial charge in [0.1, 0.15) is 0 Å². The van der Waals surface area contributed by atoms with Crippen molar-refractivity contribution in [2.75, 3.05) is 20.3 Å². The van der Waals surface area contributed by atoms with Crippen LogP contribution in [0.15, 0.2) is 6.20 Å². The molecule has 2 heterocycles. The first-order chi connectivity index (χ1) is 8.79. The third-order valence-corrected chi connectivity index (χ3v) is 4.55. The van der Waals surface area contributed by atoms with Crippen LogP contribution in [-0.4, -0.2) is 41.0 Å². The Morgan fingerprint density at radius 3 is 2.89 bits per heavy atom. The molecule has 2 aliphatic rings. The van der Waals surface area contributed by atoms with Crippen molar-refractivity contribution in [2.45, 2.75) is 44.2 Å². The number of hydrogen-bond acceptors (Lipinski definition) is 3. The Kier molecular flexibility index (Phi) is 3.39. The molecule has 100 valence electrons. The molecule has 1 atom stereocenters. The molecular formula is C14H23N3O. The van der Waals surface area contributed by atoms with Crippen LogP contribution in [0, 0.1) is 0 Å². The first-order valence-corrected chi connectivity index (χ1v) is 7.03. The second-order valence-corrected chi connectivity index (χ2v) is 5.69. The van der Waals surface area contributed by atoms with Crippen molar-refractivity contribution in [3.05, 3.63) is 17.5 Å². The summed E-state index contributed by atoms with van der Waals surface area (Å²) in [7, 11) is 3.85. The van der Waals surface area contributed by atoms with Crippen molar-refractivity contribution in [1.82, 2.24) is 14.7 Å². The molecule has 0 N–H and O–H groups in total. The molecule has 4 nitrogen and oxygen atoms in total. The van der Waals surface area contributed by atoms with E-state index >= 15 is 0 Å². The second-order valence-electron chi connectivity index (χ2n) is 5.69. The Bertz CT molecular complexity index is 409. The van der Waals surface area contributed by atoms with E-state index in [4.69, 9.17) is 4.74 Å². The number of ether oxygens (including phenoxy) is 1. The first kappa shape index (κ1) is 12.2. The van der Waals surface area contributed by atoms with E-state index in [9.17, 15) is 0 Å². The number of fused-ring (bicyclic) bond motifs is 1. The van der Waals surface area contributed by atoms with Gasteiger partial charge < -0.3 is 4.74 Å². The predicted molar refractivity (Wildman–Crippen MR) is 70.5 cm³/mol. The Hall–Kier alpha value is -0.870. The fraction of sp³-hybridized carbons (Fsp3) is 0.786. The van der Waals surface area contributed by atoms with Crippen LogP contribution in [0.1, 0.15) is 42.9 Å². The number of nitrogens with zero attached hydrogens (tertiary/aromatic N) is 3. The summed E-state index contributed by atoms with van der Waals surface area (Å²) in [5.74, 6) is 0.494. The molecule has 3 rings (SSSR count). The molecule has 1 aromatic heterocycles.